The summed E-state index contributed by atoms with van der Waals surface area (Å²) in [4.78, 5) is 12.9. The molecule has 0 spiro atoms. The zero-order valence-electron chi connectivity index (χ0n) is 9.70. The molecule has 0 saturated carbocycles. The van der Waals surface area contributed by atoms with E-state index in [2.05, 4.69) is 24.8 Å². The van der Waals surface area contributed by atoms with Crippen LogP contribution in [0.1, 0.15) is 33.1 Å². The van der Waals surface area contributed by atoms with Crippen LogP contribution in [0.15, 0.2) is 11.6 Å². The highest BCUT2D eigenvalue weighted by Gasteiger charge is 2.20. The van der Waals surface area contributed by atoms with Crippen molar-refractivity contribution in [2.75, 3.05) is 19.6 Å². The zero-order valence-corrected chi connectivity index (χ0v) is 9.70. The van der Waals surface area contributed by atoms with Crippen molar-refractivity contribution in [3.63, 3.8) is 0 Å². The Morgan fingerprint density at radius 1 is 1.40 bits per heavy atom. The first-order chi connectivity index (χ1) is 7.08. The minimum Gasteiger partial charge on any atom is -0.481 e. The van der Waals surface area contributed by atoms with Crippen LogP contribution >= 0.6 is 0 Å². The van der Waals surface area contributed by atoms with Gasteiger partial charge in [0.25, 0.3) is 0 Å². The Hall–Kier alpha value is -0.830. The molecule has 1 rings (SSSR count). The number of rotatable bonds is 4. The van der Waals surface area contributed by atoms with E-state index in [-0.39, 0.29) is 0 Å². The van der Waals surface area contributed by atoms with E-state index in [0.29, 0.717) is 12.3 Å². The van der Waals surface area contributed by atoms with E-state index in [0.717, 1.165) is 32.5 Å². The highest BCUT2D eigenvalue weighted by atomic mass is 16.4. The van der Waals surface area contributed by atoms with Crippen molar-refractivity contribution in [2.24, 2.45) is 5.92 Å². The maximum Gasteiger partial charge on any atom is 0.303 e. The number of carbonyl (C=O) groups is 1. The number of allylic oxidation sites excluding steroid dienone is 1. The maximum atomic E-state index is 10.5. The van der Waals surface area contributed by atoms with Gasteiger partial charge in [0.1, 0.15) is 0 Å². The number of piperidine rings is 1. The van der Waals surface area contributed by atoms with Gasteiger partial charge in [-0.1, -0.05) is 11.6 Å². The van der Waals surface area contributed by atoms with Gasteiger partial charge in [0.15, 0.2) is 0 Å². The Morgan fingerprint density at radius 2 is 2.00 bits per heavy atom. The van der Waals surface area contributed by atoms with Crippen molar-refractivity contribution in [3.8, 4) is 0 Å². The fraction of sp³-hybridized carbons (Fsp3) is 0.750. The van der Waals surface area contributed by atoms with Crippen LogP contribution in [0.4, 0.5) is 0 Å². The molecule has 0 radical (unpaired) electrons. The Balaban J connectivity index is 2.23. The first kappa shape index (κ1) is 12.2. The first-order valence-electron chi connectivity index (χ1n) is 5.65. The summed E-state index contributed by atoms with van der Waals surface area (Å²) in [5.74, 6) is -0.261. The Kier molecular flexibility index (Phi) is 4.82. The molecule has 3 heteroatoms. The lowest BCUT2D eigenvalue weighted by atomic mass is 9.94. The normalized spacial score (nSPS) is 18.8. The van der Waals surface area contributed by atoms with Crippen LogP contribution in [0.3, 0.4) is 0 Å². The lowest BCUT2D eigenvalue weighted by Gasteiger charge is -2.30. The Bertz CT molecular complexity index is 236. The molecule has 0 aromatic carbocycles. The molecule has 1 N–H and O–H groups in total. The highest BCUT2D eigenvalue weighted by Crippen LogP contribution is 2.20. The molecule has 0 unspecified atom stereocenters. The predicted octanol–water partition coefficient (Wildman–Crippen LogP) is 2.14. The van der Waals surface area contributed by atoms with Gasteiger partial charge in [0, 0.05) is 13.0 Å². The Labute approximate surface area is 91.8 Å². The number of aliphatic carboxylic acids is 1. The Morgan fingerprint density at radius 3 is 2.47 bits per heavy atom. The molecule has 0 atom stereocenters. The summed E-state index contributed by atoms with van der Waals surface area (Å²) in [7, 11) is 0. The summed E-state index contributed by atoms with van der Waals surface area (Å²) in [5.41, 5.74) is 1.35. The number of carboxylic acid groups (broad SMARTS) is 1. The second kappa shape index (κ2) is 5.91. The minimum absolute atomic E-state index is 0.344. The van der Waals surface area contributed by atoms with Gasteiger partial charge in [-0.3, -0.25) is 9.69 Å². The summed E-state index contributed by atoms with van der Waals surface area (Å²) >= 11 is 0. The summed E-state index contributed by atoms with van der Waals surface area (Å²) in [5, 5.41) is 8.68. The third-order valence-corrected chi connectivity index (χ3v) is 2.93. The average molecular weight is 211 g/mol. The van der Waals surface area contributed by atoms with Crippen LogP contribution in [0, 0.1) is 5.92 Å². The van der Waals surface area contributed by atoms with Gasteiger partial charge in [-0.15, -0.1) is 0 Å². The molecule has 1 heterocycles. The molecule has 15 heavy (non-hydrogen) atoms. The van der Waals surface area contributed by atoms with Gasteiger partial charge in [0.2, 0.25) is 0 Å². The molecular formula is C12H21NO2. The number of hydrogen-bond acceptors (Lipinski definition) is 2. The molecule has 0 amide bonds. The number of nitrogens with zero attached hydrogens (tertiary/aromatic N) is 1. The molecule has 0 aliphatic carbocycles. The quantitative estimate of drug-likeness (QED) is 0.724. The zero-order chi connectivity index (χ0) is 11.3. The van der Waals surface area contributed by atoms with E-state index in [1.54, 1.807) is 0 Å². The van der Waals surface area contributed by atoms with Crippen LogP contribution in [-0.4, -0.2) is 35.6 Å². The van der Waals surface area contributed by atoms with Crippen LogP contribution in [0.2, 0.25) is 0 Å². The second-order valence-corrected chi connectivity index (χ2v) is 4.62. The van der Waals surface area contributed by atoms with E-state index in [9.17, 15) is 4.79 Å². The third kappa shape index (κ3) is 4.98. The lowest BCUT2D eigenvalue weighted by molar-refractivity contribution is -0.138. The number of likely N-dealkylation sites (tertiary alicyclic amines) is 1. The predicted molar refractivity (Wildman–Crippen MR) is 60.8 cm³/mol. The monoisotopic (exact) mass is 211 g/mol. The third-order valence-electron chi connectivity index (χ3n) is 2.93. The molecule has 1 fully saturated rings. The SMILES string of the molecule is CC(C)=CCN1CCC(CC(=O)O)CC1. The summed E-state index contributed by atoms with van der Waals surface area (Å²) in [6, 6.07) is 0. The van der Waals surface area contributed by atoms with Gasteiger partial charge >= 0.3 is 5.97 Å². The van der Waals surface area contributed by atoms with Crippen molar-refractivity contribution in [2.45, 2.75) is 33.1 Å². The van der Waals surface area contributed by atoms with E-state index < -0.39 is 5.97 Å². The summed E-state index contributed by atoms with van der Waals surface area (Å²) < 4.78 is 0. The van der Waals surface area contributed by atoms with Crippen LogP contribution in [-0.2, 0) is 4.79 Å². The van der Waals surface area contributed by atoms with E-state index in [4.69, 9.17) is 5.11 Å². The van der Waals surface area contributed by atoms with Crippen molar-refractivity contribution >= 4 is 5.97 Å². The maximum absolute atomic E-state index is 10.5. The largest absolute Gasteiger partial charge is 0.481 e. The molecule has 3 nitrogen and oxygen atoms in total. The minimum atomic E-state index is -0.655. The van der Waals surface area contributed by atoms with Crippen molar-refractivity contribution in [3.05, 3.63) is 11.6 Å². The summed E-state index contributed by atoms with van der Waals surface area (Å²) in [6.45, 7) is 7.32. The molecular weight excluding hydrogens is 190 g/mol. The van der Waals surface area contributed by atoms with Crippen LogP contribution < -0.4 is 0 Å². The topological polar surface area (TPSA) is 40.5 Å². The fourth-order valence-electron chi connectivity index (χ4n) is 1.93. The van der Waals surface area contributed by atoms with Gasteiger partial charge < -0.3 is 5.11 Å². The van der Waals surface area contributed by atoms with E-state index in [1.807, 2.05) is 0 Å². The van der Waals surface area contributed by atoms with Crippen LogP contribution in [0.5, 0.6) is 0 Å². The molecule has 1 aliphatic heterocycles. The number of hydrogen-bond donors (Lipinski definition) is 1. The van der Waals surface area contributed by atoms with Gasteiger partial charge in [-0.2, -0.15) is 0 Å². The molecule has 1 saturated heterocycles. The van der Waals surface area contributed by atoms with Gasteiger partial charge in [-0.25, -0.2) is 0 Å². The highest BCUT2D eigenvalue weighted by molar-refractivity contribution is 5.67. The molecule has 0 aromatic rings. The smallest absolute Gasteiger partial charge is 0.303 e. The molecule has 0 aromatic heterocycles. The van der Waals surface area contributed by atoms with Crippen molar-refractivity contribution < 1.29 is 9.90 Å². The van der Waals surface area contributed by atoms with Crippen molar-refractivity contribution in [1.29, 1.82) is 0 Å². The molecule has 0 bridgehead atoms. The summed E-state index contributed by atoms with van der Waals surface area (Å²) in [6.07, 6.45) is 4.64. The molecule has 86 valence electrons. The van der Waals surface area contributed by atoms with E-state index >= 15 is 0 Å². The molecule has 1 aliphatic rings. The van der Waals surface area contributed by atoms with Crippen molar-refractivity contribution in [1.82, 2.24) is 4.90 Å². The fourth-order valence-corrected chi connectivity index (χ4v) is 1.93. The lowest BCUT2D eigenvalue weighted by Crippen LogP contribution is -2.34. The second-order valence-electron chi connectivity index (χ2n) is 4.62. The number of carboxylic acids is 1. The average Bonchev–Trinajstić information content (AvgIpc) is 2.16. The first-order valence-corrected chi connectivity index (χ1v) is 5.65. The van der Waals surface area contributed by atoms with Gasteiger partial charge in [0.05, 0.1) is 0 Å². The van der Waals surface area contributed by atoms with E-state index in [1.165, 1.54) is 5.57 Å². The van der Waals surface area contributed by atoms with Gasteiger partial charge in [-0.05, 0) is 45.7 Å². The van der Waals surface area contributed by atoms with Crippen LogP contribution in [0.25, 0.3) is 0 Å². The standard InChI is InChI=1S/C12H21NO2/c1-10(2)3-6-13-7-4-11(5-8-13)9-12(14)15/h3,11H,4-9H2,1-2H3,(H,14,15).